The molecule has 1 aromatic rings. The van der Waals surface area contributed by atoms with Crippen LogP contribution in [0, 0.1) is 5.92 Å². The first-order valence-electron chi connectivity index (χ1n) is 6.49. The van der Waals surface area contributed by atoms with Crippen molar-refractivity contribution in [3.8, 4) is 0 Å². The van der Waals surface area contributed by atoms with Gasteiger partial charge in [0.25, 0.3) is 0 Å². The van der Waals surface area contributed by atoms with Gasteiger partial charge in [0.2, 0.25) is 0 Å². The molecule has 2 aliphatic rings. The third kappa shape index (κ3) is 1.80. The fraction of sp³-hybridized carbons (Fsp3) is 0.769. The molecule has 0 amide bonds. The van der Waals surface area contributed by atoms with Gasteiger partial charge in [-0.3, -0.25) is 0 Å². The Morgan fingerprint density at radius 1 is 1.31 bits per heavy atom. The molecule has 3 unspecified atom stereocenters. The van der Waals surface area contributed by atoms with Crippen LogP contribution in [0.4, 0.5) is 0 Å². The smallest absolute Gasteiger partial charge is 0.0962 e. The van der Waals surface area contributed by atoms with E-state index in [9.17, 15) is 0 Å². The summed E-state index contributed by atoms with van der Waals surface area (Å²) in [6.45, 7) is 2.36. The normalized spacial score (nSPS) is 34.0. The summed E-state index contributed by atoms with van der Waals surface area (Å²) in [5.41, 5.74) is 7.36. The van der Waals surface area contributed by atoms with Gasteiger partial charge in [-0.05, 0) is 38.0 Å². The van der Waals surface area contributed by atoms with E-state index < -0.39 is 0 Å². The maximum Gasteiger partial charge on any atom is 0.0962 e. The number of aryl methyl sites for hydroxylation is 1. The predicted molar refractivity (Wildman–Crippen MR) is 67.7 cm³/mol. The zero-order valence-corrected chi connectivity index (χ0v) is 10.7. The van der Waals surface area contributed by atoms with Gasteiger partial charge in [0.1, 0.15) is 0 Å². The molecule has 16 heavy (non-hydrogen) atoms. The fourth-order valence-electron chi connectivity index (χ4n) is 3.08. The van der Waals surface area contributed by atoms with E-state index in [1.54, 1.807) is 0 Å². The molecule has 2 nitrogen and oxygen atoms in total. The number of thiazole rings is 1. The summed E-state index contributed by atoms with van der Waals surface area (Å²) in [4.78, 5) is 6.32. The van der Waals surface area contributed by atoms with Crippen LogP contribution < -0.4 is 5.73 Å². The molecule has 2 aliphatic carbocycles. The van der Waals surface area contributed by atoms with Crippen molar-refractivity contribution in [1.29, 1.82) is 0 Å². The van der Waals surface area contributed by atoms with Crippen LogP contribution in [0.5, 0.6) is 0 Å². The minimum absolute atomic E-state index is 0.215. The fourth-order valence-corrected chi connectivity index (χ4v) is 4.40. The molecule has 0 aromatic carbocycles. The maximum absolute atomic E-state index is 6.13. The van der Waals surface area contributed by atoms with E-state index in [4.69, 9.17) is 10.7 Å². The lowest BCUT2D eigenvalue weighted by Gasteiger charge is -2.15. The molecule has 1 fully saturated rings. The van der Waals surface area contributed by atoms with E-state index in [1.165, 1.54) is 47.7 Å². The van der Waals surface area contributed by atoms with Gasteiger partial charge in [-0.2, -0.15) is 0 Å². The standard InChI is InChI=1S/C13H20N2S/c1-8-5-6-9(7-8)13-15-12-10(14)3-2-4-11(12)16-13/h8-10H,2-7,14H2,1H3. The quantitative estimate of drug-likeness (QED) is 0.812. The van der Waals surface area contributed by atoms with Crippen molar-refractivity contribution in [2.45, 2.75) is 57.4 Å². The summed E-state index contributed by atoms with van der Waals surface area (Å²) < 4.78 is 0. The highest BCUT2D eigenvalue weighted by Gasteiger charge is 2.28. The van der Waals surface area contributed by atoms with Gasteiger partial charge >= 0.3 is 0 Å². The third-order valence-electron chi connectivity index (χ3n) is 4.06. The molecular weight excluding hydrogens is 216 g/mol. The molecule has 1 heterocycles. The van der Waals surface area contributed by atoms with E-state index in [2.05, 4.69) is 6.92 Å². The van der Waals surface area contributed by atoms with Crippen molar-refractivity contribution >= 4 is 11.3 Å². The van der Waals surface area contributed by atoms with Gasteiger partial charge in [-0.1, -0.05) is 13.3 Å². The van der Waals surface area contributed by atoms with E-state index in [1.807, 2.05) is 11.3 Å². The van der Waals surface area contributed by atoms with Gasteiger partial charge < -0.3 is 5.73 Å². The SMILES string of the molecule is CC1CCC(c2nc3c(s2)CCCC3N)C1. The molecule has 1 saturated carbocycles. The highest BCUT2D eigenvalue weighted by molar-refractivity contribution is 7.11. The zero-order chi connectivity index (χ0) is 11.1. The second-order valence-corrected chi connectivity index (χ2v) is 6.59. The molecule has 0 saturated heterocycles. The Balaban J connectivity index is 1.86. The Kier molecular flexibility index (Phi) is 2.76. The second kappa shape index (κ2) is 4.11. The van der Waals surface area contributed by atoms with Crippen LogP contribution in [0.1, 0.15) is 66.6 Å². The monoisotopic (exact) mass is 236 g/mol. The zero-order valence-electron chi connectivity index (χ0n) is 9.91. The molecule has 2 N–H and O–H groups in total. The molecule has 1 aromatic heterocycles. The van der Waals surface area contributed by atoms with Crippen molar-refractivity contribution in [2.24, 2.45) is 11.7 Å². The Labute approximate surface area is 101 Å². The van der Waals surface area contributed by atoms with E-state index in [-0.39, 0.29) is 6.04 Å². The van der Waals surface area contributed by atoms with E-state index >= 15 is 0 Å². The number of fused-ring (bicyclic) bond motifs is 1. The number of nitrogens with two attached hydrogens (primary N) is 1. The summed E-state index contributed by atoms with van der Waals surface area (Å²) >= 11 is 1.95. The van der Waals surface area contributed by atoms with Crippen molar-refractivity contribution in [3.63, 3.8) is 0 Å². The molecule has 88 valence electrons. The van der Waals surface area contributed by atoms with Gasteiger partial charge in [-0.25, -0.2) is 4.98 Å². The first kappa shape index (κ1) is 10.7. The van der Waals surface area contributed by atoms with Crippen molar-refractivity contribution in [1.82, 2.24) is 4.98 Å². The molecule has 3 heteroatoms. The van der Waals surface area contributed by atoms with Crippen LogP contribution in [0.2, 0.25) is 0 Å². The van der Waals surface area contributed by atoms with Gasteiger partial charge in [-0.15, -0.1) is 11.3 Å². The molecular formula is C13H20N2S. The minimum Gasteiger partial charge on any atom is -0.323 e. The van der Waals surface area contributed by atoms with Crippen LogP contribution in [0.25, 0.3) is 0 Å². The number of nitrogens with zero attached hydrogens (tertiary/aromatic N) is 1. The Morgan fingerprint density at radius 2 is 2.19 bits per heavy atom. The van der Waals surface area contributed by atoms with Crippen LogP contribution in [0.3, 0.4) is 0 Å². The Morgan fingerprint density at radius 3 is 2.88 bits per heavy atom. The first-order valence-corrected chi connectivity index (χ1v) is 7.30. The summed E-state index contributed by atoms with van der Waals surface area (Å²) in [5.74, 6) is 1.62. The number of hydrogen-bond acceptors (Lipinski definition) is 3. The lowest BCUT2D eigenvalue weighted by Crippen LogP contribution is -2.16. The minimum atomic E-state index is 0.215. The number of hydrogen-bond donors (Lipinski definition) is 1. The lowest BCUT2D eigenvalue weighted by atomic mass is 9.98. The molecule has 0 radical (unpaired) electrons. The van der Waals surface area contributed by atoms with Gasteiger partial charge in [0.05, 0.1) is 10.7 Å². The van der Waals surface area contributed by atoms with Gasteiger partial charge in [0.15, 0.2) is 0 Å². The average molecular weight is 236 g/mol. The molecule has 3 rings (SSSR count). The van der Waals surface area contributed by atoms with Crippen molar-refractivity contribution in [3.05, 3.63) is 15.6 Å². The van der Waals surface area contributed by atoms with Crippen LogP contribution in [-0.4, -0.2) is 4.98 Å². The molecule has 3 atom stereocenters. The topological polar surface area (TPSA) is 38.9 Å². The summed E-state index contributed by atoms with van der Waals surface area (Å²) in [6, 6.07) is 0.215. The highest BCUT2D eigenvalue weighted by atomic mass is 32.1. The average Bonchev–Trinajstić information content (AvgIpc) is 2.84. The Hall–Kier alpha value is -0.410. The van der Waals surface area contributed by atoms with Gasteiger partial charge in [0, 0.05) is 16.8 Å². The first-order chi connectivity index (χ1) is 7.74. The van der Waals surface area contributed by atoms with E-state index in [0.717, 1.165) is 18.3 Å². The van der Waals surface area contributed by atoms with Crippen LogP contribution in [-0.2, 0) is 6.42 Å². The van der Waals surface area contributed by atoms with Crippen molar-refractivity contribution < 1.29 is 0 Å². The lowest BCUT2D eigenvalue weighted by molar-refractivity contribution is 0.558. The predicted octanol–water partition coefficient (Wildman–Crippen LogP) is 3.38. The number of aromatic nitrogens is 1. The summed E-state index contributed by atoms with van der Waals surface area (Å²) in [5, 5.41) is 1.38. The van der Waals surface area contributed by atoms with Crippen LogP contribution >= 0.6 is 11.3 Å². The maximum atomic E-state index is 6.13. The molecule has 0 bridgehead atoms. The largest absolute Gasteiger partial charge is 0.323 e. The number of rotatable bonds is 1. The second-order valence-electron chi connectivity index (χ2n) is 5.47. The van der Waals surface area contributed by atoms with E-state index in [0.29, 0.717) is 0 Å². The third-order valence-corrected chi connectivity index (χ3v) is 5.35. The highest BCUT2D eigenvalue weighted by Crippen LogP contribution is 2.42. The summed E-state index contributed by atoms with van der Waals surface area (Å²) in [7, 11) is 0. The molecule has 0 aliphatic heterocycles. The van der Waals surface area contributed by atoms with Crippen LogP contribution in [0.15, 0.2) is 0 Å². The summed E-state index contributed by atoms with van der Waals surface area (Å²) in [6.07, 6.45) is 7.63. The molecule has 0 spiro atoms. The van der Waals surface area contributed by atoms with Crippen molar-refractivity contribution in [2.75, 3.05) is 0 Å². The Bertz CT molecular complexity index is 385.